The van der Waals surface area contributed by atoms with Crippen molar-refractivity contribution in [2.75, 3.05) is 6.61 Å². The van der Waals surface area contributed by atoms with Gasteiger partial charge in [-0.15, -0.1) is 0 Å². The number of rotatable bonds is 5. The fraction of sp³-hybridized carbons (Fsp3) is 0.333. The lowest BCUT2D eigenvalue weighted by atomic mass is 9.43. The molecule has 0 radical (unpaired) electrons. The number of hydrogen-bond acceptors (Lipinski definition) is 7. The Hall–Kier alpha value is -3.12. The van der Waals surface area contributed by atoms with Crippen LogP contribution in [0.25, 0.3) is 4.85 Å². The van der Waals surface area contributed by atoms with Gasteiger partial charge < -0.3 is 20.1 Å². The molecule has 5 atom stereocenters. The average molecular weight is 544 g/mol. The zero-order chi connectivity index (χ0) is 26.6. The molecule has 192 valence electrons. The van der Waals surface area contributed by atoms with Crippen LogP contribution in [0.2, 0.25) is 0 Å². The first-order valence-electron chi connectivity index (χ1n) is 12.6. The van der Waals surface area contributed by atoms with Crippen LogP contribution >= 0.6 is 23.5 Å². The molecule has 1 heterocycles. The van der Waals surface area contributed by atoms with Gasteiger partial charge in [-0.2, -0.15) is 0 Å². The van der Waals surface area contributed by atoms with Crippen molar-refractivity contribution in [1.82, 2.24) is 0 Å². The van der Waals surface area contributed by atoms with Crippen LogP contribution in [0, 0.1) is 6.57 Å². The number of hydrogen-bond donors (Lipinski definition) is 3. The Morgan fingerprint density at radius 1 is 1.00 bits per heavy atom. The number of thioether (sulfide) groups is 2. The average Bonchev–Trinajstić information content (AvgIpc) is 3.39. The molecule has 0 saturated carbocycles. The van der Waals surface area contributed by atoms with Gasteiger partial charge in [-0.05, 0) is 36.1 Å². The minimum absolute atomic E-state index is 0.0123. The molecule has 0 saturated heterocycles. The molecule has 7 rings (SSSR count). The number of phenols is 2. The van der Waals surface area contributed by atoms with Crippen molar-refractivity contribution in [2.24, 2.45) is 0 Å². The van der Waals surface area contributed by atoms with Crippen LogP contribution in [-0.2, 0) is 14.9 Å². The van der Waals surface area contributed by atoms with Crippen LogP contribution in [-0.4, -0.2) is 44.1 Å². The molecule has 0 amide bonds. The normalized spacial score (nSPS) is 25.8. The van der Waals surface area contributed by atoms with Crippen LogP contribution < -0.4 is 0 Å². The van der Waals surface area contributed by atoms with Crippen LogP contribution in [0.1, 0.15) is 65.5 Å². The molecular formula is C30H25NO5S2. The van der Waals surface area contributed by atoms with Crippen molar-refractivity contribution < 1.29 is 24.9 Å². The standard InChI is InChI=1S/C30H25NO5S2/c1-29(2,35)12-13-36-27(34)22(31-3)28-37-25-23(32)18-19(24(33)26(25)38-28)21-15-9-5-7-11-17(15)30(21)16-10-6-4-8-14(16)20(18)30/h4-11,20-22,28,32-33,35H,12-13H2,1-2H3/t20-,21?,22?,28?,30?/m0/s1. The summed E-state index contributed by atoms with van der Waals surface area (Å²) in [6.45, 7) is 11.0. The summed E-state index contributed by atoms with van der Waals surface area (Å²) in [5, 5.41) is 33.3. The maximum absolute atomic E-state index is 12.8. The summed E-state index contributed by atoms with van der Waals surface area (Å²) in [4.78, 5) is 17.4. The summed E-state index contributed by atoms with van der Waals surface area (Å²) in [6, 6.07) is 15.5. The van der Waals surface area contributed by atoms with E-state index in [4.69, 9.17) is 11.3 Å². The first kappa shape index (κ1) is 24.0. The molecule has 0 aromatic heterocycles. The molecule has 3 aromatic rings. The highest BCUT2D eigenvalue weighted by Crippen LogP contribution is 2.80. The summed E-state index contributed by atoms with van der Waals surface area (Å²) in [5.41, 5.74) is 5.12. The van der Waals surface area contributed by atoms with Crippen LogP contribution in [0.5, 0.6) is 11.5 Å². The highest BCUT2D eigenvalue weighted by atomic mass is 32.2. The monoisotopic (exact) mass is 543 g/mol. The lowest BCUT2D eigenvalue weighted by molar-refractivity contribution is -0.144. The fourth-order valence-corrected chi connectivity index (χ4v) is 9.88. The number of phenolic OH excluding ortho intramolecular Hbond substituents is 2. The van der Waals surface area contributed by atoms with Gasteiger partial charge in [0.1, 0.15) is 16.1 Å². The highest BCUT2D eigenvalue weighted by Gasteiger charge is 2.71. The number of ether oxygens (including phenoxy) is 1. The second-order valence-corrected chi connectivity index (χ2v) is 13.6. The lowest BCUT2D eigenvalue weighted by Crippen LogP contribution is -2.52. The summed E-state index contributed by atoms with van der Waals surface area (Å²) in [7, 11) is 0. The molecule has 3 aromatic carbocycles. The van der Waals surface area contributed by atoms with Gasteiger partial charge in [0, 0.05) is 34.8 Å². The van der Waals surface area contributed by atoms with Gasteiger partial charge in [0.15, 0.2) is 0 Å². The third-order valence-electron chi connectivity index (χ3n) is 8.42. The molecule has 1 aliphatic heterocycles. The summed E-state index contributed by atoms with van der Waals surface area (Å²) in [5.74, 6) is -0.485. The molecule has 8 heteroatoms. The number of fused-ring (bicyclic) bond motifs is 8. The van der Waals surface area contributed by atoms with E-state index >= 15 is 0 Å². The SMILES string of the molecule is [C-]#[N+]C(C(=O)OCCC(C)(C)O)C1Sc2c(O)c3c(c(O)c2S1)[C@@H]1c2ccccc2C12c1ccccc1C32. The highest BCUT2D eigenvalue weighted by molar-refractivity contribution is 8.19. The molecule has 38 heavy (non-hydrogen) atoms. The molecule has 4 aliphatic rings. The lowest BCUT2D eigenvalue weighted by Gasteiger charge is -2.58. The van der Waals surface area contributed by atoms with E-state index in [2.05, 4.69) is 29.1 Å². The number of carbonyl (C=O) groups excluding carboxylic acids is 1. The number of esters is 1. The van der Waals surface area contributed by atoms with Gasteiger partial charge in [0.2, 0.25) is 0 Å². The molecule has 1 spiro atoms. The van der Waals surface area contributed by atoms with E-state index in [0.29, 0.717) is 9.79 Å². The van der Waals surface area contributed by atoms with E-state index in [1.54, 1.807) is 13.8 Å². The quantitative estimate of drug-likeness (QED) is 0.222. The number of benzene rings is 3. The van der Waals surface area contributed by atoms with E-state index in [0.717, 1.165) is 11.1 Å². The predicted octanol–water partition coefficient (Wildman–Crippen LogP) is 5.50. The Morgan fingerprint density at radius 3 is 1.97 bits per heavy atom. The van der Waals surface area contributed by atoms with E-state index < -0.39 is 22.2 Å². The number of nitrogens with zero attached hydrogens (tertiary/aromatic N) is 1. The Balaban J connectivity index is 1.27. The molecule has 3 aliphatic carbocycles. The van der Waals surface area contributed by atoms with E-state index in [-0.39, 0.29) is 41.8 Å². The zero-order valence-electron chi connectivity index (χ0n) is 20.8. The second kappa shape index (κ2) is 7.95. The Bertz CT molecular complexity index is 1490. The van der Waals surface area contributed by atoms with Crippen molar-refractivity contribution in [3.8, 4) is 11.5 Å². The molecule has 3 N–H and O–H groups in total. The maximum atomic E-state index is 12.8. The van der Waals surface area contributed by atoms with Crippen LogP contribution in [0.4, 0.5) is 0 Å². The van der Waals surface area contributed by atoms with Gasteiger partial charge in [-0.3, -0.25) is 4.85 Å². The molecule has 0 fully saturated rings. The number of aromatic hydroxyl groups is 2. The van der Waals surface area contributed by atoms with Crippen molar-refractivity contribution in [2.45, 2.75) is 63.5 Å². The molecule has 4 unspecified atom stereocenters. The minimum atomic E-state index is -1.11. The Morgan fingerprint density at radius 2 is 1.50 bits per heavy atom. The predicted molar refractivity (Wildman–Crippen MR) is 145 cm³/mol. The summed E-state index contributed by atoms with van der Waals surface area (Å²) >= 11 is 2.49. The van der Waals surface area contributed by atoms with Crippen molar-refractivity contribution in [3.05, 3.63) is 93.3 Å². The van der Waals surface area contributed by atoms with Crippen molar-refractivity contribution >= 4 is 29.5 Å². The molecule has 0 bridgehead atoms. The van der Waals surface area contributed by atoms with Gasteiger partial charge in [-0.25, -0.2) is 11.4 Å². The molecular weight excluding hydrogens is 518 g/mol. The topological polar surface area (TPSA) is 91.4 Å². The largest absolute Gasteiger partial charge is 0.506 e. The van der Waals surface area contributed by atoms with Crippen LogP contribution in [0.15, 0.2) is 58.3 Å². The van der Waals surface area contributed by atoms with E-state index in [1.807, 2.05) is 24.3 Å². The summed E-state index contributed by atoms with van der Waals surface area (Å²) in [6.07, 6.45) is 0.260. The van der Waals surface area contributed by atoms with E-state index in [1.165, 1.54) is 45.8 Å². The fourth-order valence-electron chi connectivity index (χ4n) is 6.90. The zero-order valence-corrected chi connectivity index (χ0v) is 22.4. The van der Waals surface area contributed by atoms with Gasteiger partial charge in [0.05, 0.1) is 22.0 Å². The van der Waals surface area contributed by atoms with Crippen molar-refractivity contribution in [1.29, 1.82) is 0 Å². The third kappa shape index (κ3) is 2.87. The van der Waals surface area contributed by atoms with Gasteiger partial charge in [-0.1, -0.05) is 72.1 Å². The maximum Gasteiger partial charge on any atom is 0.392 e. The van der Waals surface area contributed by atoms with Crippen molar-refractivity contribution in [3.63, 3.8) is 0 Å². The third-order valence-corrected chi connectivity index (χ3v) is 11.4. The van der Waals surface area contributed by atoms with Gasteiger partial charge >= 0.3 is 12.0 Å². The number of carbonyl (C=O) groups is 1. The Labute approximate surface area is 228 Å². The van der Waals surface area contributed by atoms with Gasteiger partial charge in [0.25, 0.3) is 0 Å². The smallest absolute Gasteiger partial charge is 0.392 e. The summed E-state index contributed by atoms with van der Waals surface area (Å²) < 4.78 is 4.75. The first-order chi connectivity index (χ1) is 18.2. The number of aliphatic hydroxyl groups is 1. The second-order valence-electron chi connectivity index (χ2n) is 11.0. The minimum Gasteiger partial charge on any atom is -0.506 e. The van der Waals surface area contributed by atoms with E-state index in [9.17, 15) is 20.1 Å². The molecule has 6 nitrogen and oxygen atoms in total. The Kier molecular flexibility index (Phi) is 5.01. The van der Waals surface area contributed by atoms with Crippen LogP contribution in [0.3, 0.4) is 0 Å². The first-order valence-corrected chi connectivity index (χ1v) is 14.4.